The molecular weight excluding hydrogens is 362 g/mol. The molecule has 9 heteroatoms. The zero-order valence-electron chi connectivity index (χ0n) is 16.1. The van der Waals surface area contributed by atoms with Gasteiger partial charge in [-0.1, -0.05) is 0 Å². The van der Waals surface area contributed by atoms with Gasteiger partial charge in [-0.25, -0.2) is 0 Å². The Morgan fingerprint density at radius 1 is 1.07 bits per heavy atom. The number of anilines is 2. The molecule has 0 aliphatic carbocycles. The number of carbonyl (C=O) groups excluding carboxylic acids is 1. The quantitative estimate of drug-likeness (QED) is 0.703. The largest absolute Gasteiger partial charge is 0.493 e. The summed E-state index contributed by atoms with van der Waals surface area (Å²) in [5.41, 5.74) is 0.437. The Morgan fingerprint density at radius 2 is 1.79 bits per heavy atom. The van der Waals surface area contributed by atoms with E-state index in [1.165, 1.54) is 7.11 Å². The Labute approximate surface area is 164 Å². The Kier molecular flexibility index (Phi) is 6.99. The van der Waals surface area contributed by atoms with E-state index in [0.29, 0.717) is 28.7 Å². The van der Waals surface area contributed by atoms with Crippen LogP contribution in [0.15, 0.2) is 30.3 Å². The molecule has 1 aromatic heterocycles. The molecule has 0 radical (unpaired) electrons. The van der Waals surface area contributed by atoms with E-state index in [2.05, 4.69) is 25.7 Å². The van der Waals surface area contributed by atoms with E-state index < -0.39 is 0 Å². The van der Waals surface area contributed by atoms with Gasteiger partial charge in [-0.05, 0) is 30.3 Å². The van der Waals surface area contributed by atoms with Gasteiger partial charge in [0.15, 0.2) is 17.3 Å². The Balaban J connectivity index is 1.51. The Hall–Kier alpha value is -2.91. The highest BCUT2D eigenvalue weighted by molar-refractivity contribution is 6.04. The fourth-order valence-electron chi connectivity index (χ4n) is 2.83. The van der Waals surface area contributed by atoms with Gasteiger partial charge in [0.05, 0.1) is 27.4 Å². The number of methoxy groups -OCH3 is 2. The van der Waals surface area contributed by atoms with Crippen LogP contribution in [-0.2, 0) is 4.74 Å². The highest BCUT2D eigenvalue weighted by atomic mass is 16.5. The molecule has 28 heavy (non-hydrogen) atoms. The number of ether oxygens (including phenoxy) is 3. The van der Waals surface area contributed by atoms with Gasteiger partial charge in [-0.2, -0.15) is 0 Å². The second-order valence-corrected chi connectivity index (χ2v) is 6.21. The molecule has 0 unspecified atom stereocenters. The number of rotatable bonds is 8. The number of hydrogen-bond acceptors (Lipinski definition) is 8. The van der Waals surface area contributed by atoms with E-state index in [-0.39, 0.29) is 5.91 Å². The van der Waals surface area contributed by atoms with Gasteiger partial charge in [0.1, 0.15) is 5.82 Å². The number of benzene rings is 1. The summed E-state index contributed by atoms with van der Waals surface area (Å²) in [6.07, 6.45) is 0. The third-order valence-electron chi connectivity index (χ3n) is 4.39. The van der Waals surface area contributed by atoms with Crippen LogP contribution in [0.2, 0.25) is 0 Å². The lowest BCUT2D eigenvalue weighted by Crippen LogP contribution is -2.39. The average Bonchev–Trinajstić information content (AvgIpc) is 2.75. The fourth-order valence-corrected chi connectivity index (χ4v) is 2.83. The van der Waals surface area contributed by atoms with Crippen LogP contribution in [0.1, 0.15) is 10.4 Å². The van der Waals surface area contributed by atoms with Crippen molar-refractivity contribution in [2.24, 2.45) is 0 Å². The first-order valence-corrected chi connectivity index (χ1v) is 9.10. The van der Waals surface area contributed by atoms with Gasteiger partial charge in [0.25, 0.3) is 5.91 Å². The van der Waals surface area contributed by atoms with Crippen molar-refractivity contribution in [2.75, 3.05) is 64.2 Å². The van der Waals surface area contributed by atoms with Gasteiger partial charge in [-0.3, -0.25) is 9.69 Å². The minimum Gasteiger partial charge on any atom is -0.493 e. The first kappa shape index (κ1) is 19.8. The SMILES string of the molecule is COc1ccc(C(=O)Nc2ccc(NCCN3CCOCC3)nn2)cc1OC. The summed E-state index contributed by atoms with van der Waals surface area (Å²) in [5.74, 6) is 1.78. The molecule has 1 fully saturated rings. The molecule has 2 N–H and O–H groups in total. The maximum absolute atomic E-state index is 12.4. The number of nitrogens with one attached hydrogen (secondary N) is 2. The van der Waals surface area contributed by atoms with Gasteiger partial charge in [0.2, 0.25) is 0 Å². The predicted molar refractivity (Wildman–Crippen MR) is 105 cm³/mol. The molecule has 0 spiro atoms. The van der Waals surface area contributed by atoms with Crippen molar-refractivity contribution in [1.82, 2.24) is 15.1 Å². The van der Waals surface area contributed by atoms with Crippen molar-refractivity contribution in [2.45, 2.75) is 0 Å². The minimum absolute atomic E-state index is 0.303. The lowest BCUT2D eigenvalue weighted by atomic mass is 10.2. The van der Waals surface area contributed by atoms with Crippen LogP contribution in [0.5, 0.6) is 11.5 Å². The van der Waals surface area contributed by atoms with Crippen molar-refractivity contribution in [3.63, 3.8) is 0 Å². The summed E-state index contributed by atoms with van der Waals surface area (Å²) in [6.45, 7) is 5.17. The van der Waals surface area contributed by atoms with Crippen LogP contribution in [0.25, 0.3) is 0 Å². The molecule has 0 saturated carbocycles. The second kappa shape index (κ2) is 9.86. The highest BCUT2D eigenvalue weighted by Crippen LogP contribution is 2.27. The zero-order valence-corrected chi connectivity index (χ0v) is 16.1. The fraction of sp³-hybridized carbons (Fsp3) is 0.421. The lowest BCUT2D eigenvalue weighted by molar-refractivity contribution is 0.0398. The lowest BCUT2D eigenvalue weighted by Gasteiger charge is -2.26. The molecule has 1 saturated heterocycles. The normalized spacial score (nSPS) is 14.4. The highest BCUT2D eigenvalue weighted by Gasteiger charge is 2.12. The van der Waals surface area contributed by atoms with Crippen LogP contribution in [0.4, 0.5) is 11.6 Å². The summed E-state index contributed by atoms with van der Waals surface area (Å²) in [6, 6.07) is 8.45. The maximum atomic E-state index is 12.4. The second-order valence-electron chi connectivity index (χ2n) is 6.21. The van der Waals surface area contributed by atoms with Gasteiger partial charge >= 0.3 is 0 Å². The molecule has 1 aromatic carbocycles. The molecule has 0 atom stereocenters. The molecule has 150 valence electrons. The summed E-state index contributed by atoms with van der Waals surface area (Å²) in [7, 11) is 3.07. The van der Waals surface area contributed by atoms with E-state index in [1.54, 1.807) is 37.4 Å². The van der Waals surface area contributed by atoms with Crippen LogP contribution in [-0.4, -0.2) is 74.6 Å². The van der Waals surface area contributed by atoms with E-state index in [9.17, 15) is 4.79 Å². The van der Waals surface area contributed by atoms with Gasteiger partial charge in [-0.15, -0.1) is 10.2 Å². The molecular formula is C19H25N5O4. The van der Waals surface area contributed by atoms with Gasteiger partial charge < -0.3 is 24.8 Å². The van der Waals surface area contributed by atoms with Gasteiger partial charge in [0, 0.05) is 31.7 Å². The molecule has 1 aliphatic rings. The minimum atomic E-state index is -0.303. The van der Waals surface area contributed by atoms with Crippen LogP contribution < -0.4 is 20.1 Å². The van der Waals surface area contributed by atoms with Crippen molar-refractivity contribution in [3.05, 3.63) is 35.9 Å². The number of amides is 1. The Bertz CT molecular complexity index is 778. The Morgan fingerprint density at radius 3 is 2.46 bits per heavy atom. The van der Waals surface area contributed by atoms with Crippen LogP contribution in [0.3, 0.4) is 0 Å². The maximum Gasteiger partial charge on any atom is 0.257 e. The standard InChI is InChI=1S/C19H25N5O4/c1-26-15-4-3-14(13-16(15)27-2)19(25)21-18-6-5-17(22-23-18)20-7-8-24-9-11-28-12-10-24/h3-6,13H,7-12H2,1-2H3,(H,20,22)(H,21,23,25). The predicted octanol–water partition coefficient (Wildman–Crippen LogP) is 1.49. The van der Waals surface area contributed by atoms with Crippen molar-refractivity contribution >= 4 is 17.5 Å². The van der Waals surface area contributed by atoms with Crippen molar-refractivity contribution in [3.8, 4) is 11.5 Å². The zero-order chi connectivity index (χ0) is 19.8. The monoisotopic (exact) mass is 387 g/mol. The molecule has 1 aliphatic heterocycles. The molecule has 1 amide bonds. The molecule has 9 nitrogen and oxygen atoms in total. The third-order valence-corrected chi connectivity index (χ3v) is 4.39. The van der Waals surface area contributed by atoms with Crippen molar-refractivity contribution < 1.29 is 19.0 Å². The smallest absolute Gasteiger partial charge is 0.257 e. The topological polar surface area (TPSA) is 97.8 Å². The first-order chi connectivity index (χ1) is 13.7. The number of aromatic nitrogens is 2. The van der Waals surface area contributed by atoms with E-state index in [0.717, 1.165) is 39.4 Å². The number of carbonyl (C=O) groups is 1. The van der Waals surface area contributed by atoms with Crippen LogP contribution in [0, 0.1) is 0 Å². The third kappa shape index (κ3) is 5.30. The summed E-state index contributed by atoms with van der Waals surface area (Å²) in [5, 5.41) is 14.1. The van der Waals surface area contributed by atoms with Crippen LogP contribution >= 0.6 is 0 Å². The van der Waals surface area contributed by atoms with Crippen molar-refractivity contribution in [1.29, 1.82) is 0 Å². The first-order valence-electron chi connectivity index (χ1n) is 9.10. The average molecular weight is 387 g/mol. The summed E-state index contributed by atoms with van der Waals surface area (Å²) >= 11 is 0. The molecule has 3 rings (SSSR count). The number of nitrogens with zero attached hydrogens (tertiary/aromatic N) is 3. The van der Waals surface area contributed by atoms with E-state index >= 15 is 0 Å². The summed E-state index contributed by atoms with van der Waals surface area (Å²) < 4.78 is 15.7. The molecule has 2 aromatic rings. The van der Waals surface area contributed by atoms with E-state index in [4.69, 9.17) is 14.2 Å². The summed E-state index contributed by atoms with van der Waals surface area (Å²) in [4.78, 5) is 14.7. The molecule has 0 bridgehead atoms. The van der Waals surface area contributed by atoms with E-state index in [1.807, 2.05) is 0 Å². The number of hydrogen-bond donors (Lipinski definition) is 2. The molecule has 2 heterocycles. The number of morpholine rings is 1.